The number of nitrogens with zero attached hydrogens (tertiary/aromatic N) is 3. The Kier molecular flexibility index (Phi) is 6.48. The van der Waals surface area contributed by atoms with Gasteiger partial charge < -0.3 is 19.5 Å². The van der Waals surface area contributed by atoms with Crippen molar-refractivity contribution in [3.63, 3.8) is 0 Å². The van der Waals surface area contributed by atoms with Gasteiger partial charge in [-0.05, 0) is 36.8 Å². The third-order valence-corrected chi connectivity index (χ3v) is 4.15. The van der Waals surface area contributed by atoms with Gasteiger partial charge in [-0.15, -0.1) is 5.10 Å². The van der Waals surface area contributed by atoms with E-state index in [0.717, 1.165) is 18.7 Å². The van der Waals surface area contributed by atoms with Crippen LogP contribution in [0.25, 0.3) is 5.69 Å². The lowest BCUT2D eigenvalue weighted by Crippen LogP contribution is -2.13. The maximum absolute atomic E-state index is 13.9. The summed E-state index contributed by atoms with van der Waals surface area (Å²) in [5.74, 6) is -1.36. The number of benzene rings is 2. The summed E-state index contributed by atoms with van der Waals surface area (Å²) in [6, 6.07) is 8.99. The van der Waals surface area contributed by atoms with Crippen molar-refractivity contribution in [2.75, 3.05) is 19.2 Å². The summed E-state index contributed by atoms with van der Waals surface area (Å²) >= 11 is 5.96. The SMILES string of the molecule is COC(=O)OCOc1cc(-n2cc(C(=O)Nc3cc(Cl)ccc3C)nn2)ccc1F. The highest BCUT2D eigenvalue weighted by Gasteiger charge is 2.15. The van der Waals surface area contributed by atoms with Crippen LogP contribution in [0.2, 0.25) is 5.02 Å². The molecule has 0 saturated carbocycles. The standard InChI is InChI=1S/C19H16ClFN4O5/c1-11-3-4-12(20)7-15(11)22-18(26)16-9-25(24-23-16)13-5-6-14(21)17(8-13)29-10-30-19(27)28-2/h3-9H,10H2,1-2H3,(H,22,26). The number of rotatable bonds is 6. The van der Waals surface area contributed by atoms with Gasteiger partial charge in [-0.25, -0.2) is 13.9 Å². The van der Waals surface area contributed by atoms with Gasteiger partial charge in [0.15, 0.2) is 17.3 Å². The first kappa shape index (κ1) is 21.1. The average molecular weight is 435 g/mol. The average Bonchev–Trinajstić information content (AvgIpc) is 3.22. The minimum Gasteiger partial charge on any atom is -0.454 e. The van der Waals surface area contributed by atoms with E-state index in [4.69, 9.17) is 16.3 Å². The minimum absolute atomic E-state index is 0.0372. The first-order chi connectivity index (χ1) is 14.4. The van der Waals surface area contributed by atoms with Crippen molar-refractivity contribution < 1.29 is 28.2 Å². The summed E-state index contributed by atoms with van der Waals surface area (Å²) < 4.78 is 29.1. The molecule has 11 heteroatoms. The molecule has 3 rings (SSSR count). The summed E-state index contributed by atoms with van der Waals surface area (Å²) in [6.45, 7) is 1.28. The van der Waals surface area contributed by atoms with Crippen molar-refractivity contribution >= 4 is 29.4 Å². The monoisotopic (exact) mass is 434 g/mol. The number of aryl methyl sites for hydroxylation is 1. The van der Waals surface area contributed by atoms with Crippen molar-refractivity contribution in [3.05, 3.63) is 64.7 Å². The van der Waals surface area contributed by atoms with Gasteiger partial charge >= 0.3 is 6.16 Å². The third-order valence-electron chi connectivity index (χ3n) is 3.91. The normalized spacial score (nSPS) is 10.4. The van der Waals surface area contributed by atoms with E-state index in [0.29, 0.717) is 16.4 Å². The minimum atomic E-state index is -0.964. The van der Waals surface area contributed by atoms with Gasteiger partial charge in [0.1, 0.15) is 0 Å². The lowest BCUT2D eigenvalue weighted by molar-refractivity contribution is 0.0135. The van der Waals surface area contributed by atoms with Crippen molar-refractivity contribution in [2.45, 2.75) is 6.92 Å². The number of carbonyl (C=O) groups excluding carboxylic acids is 2. The largest absolute Gasteiger partial charge is 0.510 e. The summed E-state index contributed by atoms with van der Waals surface area (Å²) in [4.78, 5) is 23.4. The maximum Gasteiger partial charge on any atom is 0.510 e. The molecule has 0 saturated heterocycles. The van der Waals surface area contributed by atoms with Crippen LogP contribution in [0.5, 0.6) is 5.75 Å². The van der Waals surface area contributed by atoms with Crippen LogP contribution in [0.1, 0.15) is 16.1 Å². The molecular formula is C19H16ClFN4O5. The van der Waals surface area contributed by atoms with Crippen LogP contribution in [0.15, 0.2) is 42.6 Å². The molecule has 2 aromatic carbocycles. The van der Waals surface area contributed by atoms with Crippen molar-refractivity contribution in [3.8, 4) is 11.4 Å². The Morgan fingerprint density at radius 2 is 2.03 bits per heavy atom. The predicted octanol–water partition coefficient (Wildman–Crippen LogP) is 3.74. The molecule has 1 amide bonds. The second-order valence-electron chi connectivity index (χ2n) is 5.94. The molecule has 0 fully saturated rings. The molecule has 0 aliphatic rings. The van der Waals surface area contributed by atoms with E-state index in [1.165, 1.54) is 23.0 Å². The van der Waals surface area contributed by atoms with E-state index >= 15 is 0 Å². The highest BCUT2D eigenvalue weighted by atomic mass is 35.5. The van der Waals surface area contributed by atoms with E-state index in [1.54, 1.807) is 18.2 Å². The van der Waals surface area contributed by atoms with Crippen molar-refractivity contribution in [1.29, 1.82) is 0 Å². The number of ether oxygens (including phenoxy) is 3. The van der Waals surface area contributed by atoms with Gasteiger partial charge in [0.2, 0.25) is 6.79 Å². The molecule has 0 atom stereocenters. The highest BCUT2D eigenvalue weighted by Crippen LogP contribution is 2.22. The Balaban J connectivity index is 1.73. The number of anilines is 1. The lowest BCUT2D eigenvalue weighted by atomic mass is 10.2. The number of halogens is 2. The molecule has 156 valence electrons. The second kappa shape index (κ2) is 9.23. The van der Waals surface area contributed by atoms with Gasteiger partial charge in [0.05, 0.1) is 19.0 Å². The Bertz CT molecular complexity index is 1090. The lowest BCUT2D eigenvalue weighted by Gasteiger charge is -2.09. The molecule has 1 N–H and O–H groups in total. The fourth-order valence-electron chi connectivity index (χ4n) is 2.35. The van der Waals surface area contributed by atoms with Crippen molar-refractivity contribution in [1.82, 2.24) is 15.0 Å². The number of hydrogen-bond donors (Lipinski definition) is 1. The van der Waals surface area contributed by atoms with Crippen molar-refractivity contribution in [2.24, 2.45) is 0 Å². The Morgan fingerprint density at radius 3 is 2.80 bits per heavy atom. The molecule has 30 heavy (non-hydrogen) atoms. The third kappa shape index (κ3) is 5.03. The van der Waals surface area contributed by atoms with Crippen LogP contribution in [-0.4, -0.2) is 41.0 Å². The Labute approximate surface area is 175 Å². The molecule has 0 bridgehead atoms. The fourth-order valence-corrected chi connectivity index (χ4v) is 2.53. The number of aromatic nitrogens is 3. The second-order valence-corrected chi connectivity index (χ2v) is 6.37. The number of methoxy groups -OCH3 is 1. The molecule has 0 aliphatic carbocycles. The molecule has 1 heterocycles. The topological polar surface area (TPSA) is 105 Å². The molecule has 9 nitrogen and oxygen atoms in total. The number of nitrogens with one attached hydrogen (secondary N) is 1. The van der Waals surface area contributed by atoms with Crippen LogP contribution in [-0.2, 0) is 9.47 Å². The quantitative estimate of drug-likeness (QED) is 0.465. The van der Waals surface area contributed by atoms with Gasteiger partial charge in [-0.1, -0.05) is 22.9 Å². The zero-order chi connectivity index (χ0) is 21.7. The van der Waals surface area contributed by atoms with Crippen LogP contribution in [0.4, 0.5) is 14.9 Å². The molecule has 0 aliphatic heterocycles. The van der Waals surface area contributed by atoms with E-state index < -0.39 is 24.7 Å². The first-order valence-corrected chi connectivity index (χ1v) is 8.88. The number of amides is 1. The first-order valence-electron chi connectivity index (χ1n) is 8.50. The molecule has 0 radical (unpaired) electrons. The van der Waals surface area contributed by atoms with Gasteiger partial charge in [0.25, 0.3) is 5.91 Å². The van der Waals surface area contributed by atoms with E-state index in [2.05, 4.69) is 25.1 Å². The van der Waals surface area contributed by atoms with Crippen LogP contribution >= 0.6 is 11.6 Å². The molecule has 0 spiro atoms. The summed E-state index contributed by atoms with van der Waals surface area (Å²) in [5, 5.41) is 10.9. The van der Waals surface area contributed by atoms with Gasteiger partial charge in [-0.2, -0.15) is 0 Å². The molecule has 0 unspecified atom stereocenters. The van der Waals surface area contributed by atoms with Crippen LogP contribution in [0.3, 0.4) is 0 Å². The molecule has 1 aromatic heterocycles. The number of hydrogen-bond acceptors (Lipinski definition) is 7. The molecular weight excluding hydrogens is 419 g/mol. The zero-order valence-corrected chi connectivity index (χ0v) is 16.6. The van der Waals surface area contributed by atoms with E-state index in [1.807, 2.05) is 6.92 Å². The van der Waals surface area contributed by atoms with Gasteiger partial charge in [0, 0.05) is 16.8 Å². The Hall–Kier alpha value is -3.66. The van der Waals surface area contributed by atoms with E-state index in [9.17, 15) is 14.0 Å². The summed E-state index contributed by atoms with van der Waals surface area (Å²) in [7, 11) is 1.13. The maximum atomic E-state index is 13.9. The van der Waals surface area contributed by atoms with E-state index in [-0.39, 0.29) is 11.4 Å². The van der Waals surface area contributed by atoms with Crippen LogP contribution < -0.4 is 10.1 Å². The van der Waals surface area contributed by atoms with Gasteiger partial charge in [-0.3, -0.25) is 4.79 Å². The zero-order valence-electron chi connectivity index (χ0n) is 15.9. The summed E-state index contributed by atoms with van der Waals surface area (Å²) in [6.07, 6.45) is 0.408. The molecule has 3 aromatic rings. The Morgan fingerprint density at radius 1 is 1.23 bits per heavy atom. The smallest absolute Gasteiger partial charge is 0.454 e. The number of carbonyl (C=O) groups is 2. The fraction of sp³-hybridized carbons (Fsp3) is 0.158. The predicted molar refractivity (Wildman–Crippen MR) is 104 cm³/mol. The summed E-state index contributed by atoms with van der Waals surface area (Å²) in [5.41, 5.74) is 1.78. The highest BCUT2D eigenvalue weighted by molar-refractivity contribution is 6.31. The van der Waals surface area contributed by atoms with Crippen LogP contribution in [0, 0.1) is 12.7 Å².